The van der Waals surface area contributed by atoms with Crippen LogP contribution in [-0.2, 0) is 4.79 Å². The predicted molar refractivity (Wildman–Crippen MR) is 124 cm³/mol. The van der Waals surface area contributed by atoms with Crippen LogP contribution in [-0.4, -0.2) is 23.7 Å². The zero-order valence-corrected chi connectivity index (χ0v) is 18.4. The lowest BCUT2D eigenvalue weighted by atomic mass is 9.80. The van der Waals surface area contributed by atoms with Crippen LogP contribution < -0.4 is 10.2 Å². The molecule has 4 nitrogen and oxygen atoms in total. The van der Waals surface area contributed by atoms with Crippen molar-refractivity contribution in [1.29, 1.82) is 0 Å². The van der Waals surface area contributed by atoms with E-state index in [1.165, 1.54) is 23.0 Å². The number of amidine groups is 1. The van der Waals surface area contributed by atoms with Crippen molar-refractivity contribution in [1.82, 2.24) is 5.32 Å². The van der Waals surface area contributed by atoms with Crippen LogP contribution in [0.2, 0.25) is 0 Å². The Morgan fingerprint density at radius 1 is 1.24 bits per heavy atom. The van der Waals surface area contributed by atoms with Crippen LogP contribution >= 0.6 is 11.8 Å². The number of carbonyl (C=O) groups is 1. The standard InChI is InChI=1S/C24H27N3OS/c1-15-7-6-8-18(11-15)25-23-26-22(28)21(29-23)13-17-9-10-20-19(12-17)16(2)14-24(3,4)27(20)5/h6-13,16H,14H2,1-5H3,(H,25,26,28)/b21-13-/t16-/m0/s1. The zero-order chi connectivity index (χ0) is 20.8. The highest BCUT2D eigenvalue weighted by Crippen LogP contribution is 2.43. The average molecular weight is 406 g/mol. The van der Waals surface area contributed by atoms with E-state index in [0.717, 1.165) is 23.2 Å². The molecule has 0 spiro atoms. The maximum atomic E-state index is 12.4. The molecular weight excluding hydrogens is 378 g/mol. The molecule has 5 heteroatoms. The number of nitrogens with one attached hydrogen (secondary N) is 1. The van der Waals surface area contributed by atoms with Crippen molar-refractivity contribution >= 4 is 40.3 Å². The minimum absolute atomic E-state index is 0.0922. The maximum absolute atomic E-state index is 12.4. The van der Waals surface area contributed by atoms with Crippen LogP contribution in [0.1, 0.15) is 49.8 Å². The highest BCUT2D eigenvalue weighted by atomic mass is 32.2. The van der Waals surface area contributed by atoms with Crippen molar-refractivity contribution in [3.05, 3.63) is 64.1 Å². The van der Waals surface area contributed by atoms with Gasteiger partial charge in [0, 0.05) is 18.3 Å². The Labute approximate surface area is 177 Å². The molecular formula is C24H27N3OS. The van der Waals surface area contributed by atoms with Crippen LogP contribution in [0.5, 0.6) is 0 Å². The Bertz CT molecular complexity index is 1040. The number of aryl methyl sites for hydroxylation is 1. The van der Waals surface area contributed by atoms with E-state index in [1.807, 2.05) is 37.3 Å². The zero-order valence-electron chi connectivity index (χ0n) is 17.6. The molecule has 0 bridgehead atoms. The van der Waals surface area contributed by atoms with E-state index in [-0.39, 0.29) is 11.4 Å². The van der Waals surface area contributed by atoms with Crippen molar-refractivity contribution in [2.45, 2.75) is 45.6 Å². The molecule has 1 amide bonds. The van der Waals surface area contributed by atoms with E-state index in [0.29, 0.717) is 16.0 Å². The first kappa shape index (κ1) is 19.8. The van der Waals surface area contributed by atoms with Crippen LogP contribution in [0.3, 0.4) is 0 Å². The van der Waals surface area contributed by atoms with Crippen LogP contribution in [0.4, 0.5) is 11.4 Å². The van der Waals surface area contributed by atoms with Gasteiger partial charge in [-0.3, -0.25) is 4.79 Å². The summed E-state index contributed by atoms with van der Waals surface area (Å²) in [6.07, 6.45) is 3.07. The molecule has 0 radical (unpaired) electrons. The molecule has 1 saturated heterocycles. The second kappa shape index (κ2) is 7.38. The number of aliphatic imine (C=N–C) groups is 1. The minimum atomic E-state index is -0.0922. The second-order valence-corrected chi connectivity index (χ2v) is 9.65. The fourth-order valence-corrected chi connectivity index (χ4v) is 4.97. The smallest absolute Gasteiger partial charge is 0.264 e. The van der Waals surface area contributed by atoms with Crippen molar-refractivity contribution in [2.24, 2.45) is 4.99 Å². The SMILES string of the molecule is Cc1cccc(N=C2NC(=O)/C(=C/c3ccc4c(c3)[C@@H](C)CC(C)(C)N4C)S2)c1. The minimum Gasteiger partial charge on any atom is -0.369 e. The van der Waals surface area contributed by atoms with E-state index in [2.05, 4.69) is 61.2 Å². The van der Waals surface area contributed by atoms with Gasteiger partial charge in [-0.2, -0.15) is 0 Å². The molecule has 1 N–H and O–H groups in total. The van der Waals surface area contributed by atoms with Crippen LogP contribution in [0.15, 0.2) is 52.4 Å². The van der Waals surface area contributed by atoms with Crippen molar-refractivity contribution < 1.29 is 4.79 Å². The molecule has 2 aliphatic rings. The quantitative estimate of drug-likeness (QED) is 0.661. The lowest BCUT2D eigenvalue weighted by Gasteiger charge is -2.45. The van der Waals surface area contributed by atoms with Gasteiger partial charge in [-0.15, -0.1) is 0 Å². The van der Waals surface area contributed by atoms with Crippen molar-refractivity contribution in [3.63, 3.8) is 0 Å². The normalized spacial score (nSPS) is 23.4. The summed E-state index contributed by atoms with van der Waals surface area (Å²) in [5.74, 6) is 0.392. The van der Waals surface area contributed by atoms with Crippen LogP contribution in [0, 0.1) is 6.92 Å². The summed E-state index contributed by atoms with van der Waals surface area (Å²) in [5.41, 5.74) is 5.82. The first-order valence-corrected chi connectivity index (χ1v) is 10.8. The average Bonchev–Trinajstić information content (AvgIpc) is 2.98. The Morgan fingerprint density at radius 2 is 2.03 bits per heavy atom. The molecule has 4 rings (SSSR count). The first-order valence-electron chi connectivity index (χ1n) is 9.97. The van der Waals surface area contributed by atoms with Gasteiger partial charge in [-0.1, -0.05) is 25.1 Å². The van der Waals surface area contributed by atoms with Gasteiger partial charge in [0.25, 0.3) is 5.91 Å². The molecule has 2 aromatic rings. The first-order chi connectivity index (χ1) is 13.7. The van der Waals surface area contributed by atoms with Crippen molar-refractivity contribution in [2.75, 3.05) is 11.9 Å². The maximum Gasteiger partial charge on any atom is 0.264 e. The number of benzene rings is 2. The lowest BCUT2D eigenvalue weighted by Crippen LogP contribution is -2.45. The van der Waals surface area contributed by atoms with Gasteiger partial charge in [0.2, 0.25) is 0 Å². The van der Waals surface area contributed by atoms with Gasteiger partial charge in [0.15, 0.2) is 5.17 Å². The Kier molecular flexibility index (Phi) is 5.03. The second-order valence-electron chi connectivity index (χ2n) is 8.62. The number of fused-ring (bicyclic) bond motifs is 1. The van der Waals surface area contributed by atoms with Gasteiger partial charge in [0.1, 0.15) is 0 Å². The number of nitrogens with zero attached hydrogens (tertiary/aromatic N) is 2. The number of carbonyl (C=O) groups excluding carboxylic acids is 1. The highest BCUT2D eigenvalue weighted by molar-refractivity contribution is 8.18. The third-order valence-electron chi connectivity index (χ3n) is 5.84. The third-order valence-corrected chi connectivity index (χ3v) is 6.75. The van der Waals surface area contributed by atoms with E-state index < -0.39 is 0 Å². The van der Waals surface area contributed by atoms with E-state index in [9.17, 15) is 4.79 Å². The molecule has 2 aromatic carbocycles. The highest BCUT2D eigenvalue weighted by Gasteiger charge is 2.34. The number of amides is 1. The summed E-state index contributed by atoms with van der Waals surface area (Å²) in [4.78, 5) is 20.1. The van der Waals surface area contributed by atoms with Crippen LogP contribution in [0.25, 0.3) is 6.08 Å². The largest absolute Gasteiger partial charge is 0.369 e. The van der Waals surface area contributed by atoms with Gasteiger partial charge in [-0.25, -0.2) is 4.99 Å². The summed E-state index contributed by atoms with van der Waals surface area (Å²) in [6.45, 7) is 8.90. The fourth-order valence-electron chi connectivity index (χ4n) is 4.13. The summed E-state index contributed by atoms with van der Waals surface area (Å²) in [5, 5.41) is 3.50. The molecule has 0 aromatic heterocycles. The molecule has 1 fully saturated rings. The monoisotopic (exact) mass is 405 g/mol. The molecule has 0 unspecified atom stereocenters. The van der Waals surface area contributed by atoms with E-state index >= 15 is 0 Å². The molecule has 2 heterocycles. The molecule has 0 saturated carbocycles. The van der Waals surface area contributed by atoms with Gasteiger partial charge in [-0.05, 0) is 91.9 Å². The Hall–Kier alpha value is -2.53. The molecule has 150 valence electrons. The van der Waals surface area contributed by atoms with Crippen molar-refractivity contribution in [3.8, 4) is 0 Å². The molecule has 0 aliphatic carbocycles. The molecule has 29 heavy (non-hydrogen) atoms. The Balaban J connectivity index is 1.60. The summed E-state index contributed by atoms with van der Waals surface area (Å²) in [7, 11) is 2.16. The number of hydrogen-bond donors (Lipinski definition) is 1. The lowest BCUT2D eigenvalue weighted by molar-refractivity contribution is -0.115. The van der Waals surface area contributed by atoms with Gasteiger partial charge < -0.3 is 10.2 Å². The topological polar surface area (TPSA) is 44.7 Å². The third kappa shape index (κ3) is 3.97. The van der Waals surface area contributed by atoms with E-state index in [4.69, 9.17) is 0 Å². The fraction of sp³-hybridized carbons (Fsp3) is 0.333. The van der Waals surface area contributed by atoms with Gasteiger partial charge in [0.05, 0.1) is 10.6 Å². The number of hydrogen-bond acceptors (Lipinski definition) is 4. The molecule has 1 atom stereocenters. The number of thioether (sulfide) groups is 1. The predicted octanol–water partition coefficient (Wildman–Crippen LogP) is 5.61. The van der Waals surface area contributed by atoms with Gasteiger partial charge >= 0.3 is 0 Å². The molecule has 2 aliphatic heterocycles. The number of rotatable bonds is 2. The Morgan fingerprint density at radius 3 is 2.79 bits per heavy atom. The summed E-state index contributed by atoms with van der Waals surface area (Å²) >= 11 is 1.39. The van der Waals surface area contributed by atoms with E-state index in [1.54, 1.807) is 0 Å². The summed E-state index contributed by atoms with van der Waals surface area (Å²) < 4.78 is 0. The number of anilines is 1. The summed E-state index contributed by atoms with van der Waals surface area (Å²) in [6, 6.07) is 14.5.